The minimum atomic E-state index is 0.159. The van der Waals surface area contributed by atoms with Crippen LogP contribution in [0.3, 0.4) is 0 Å². The number of benzene rings is 2. The van der Waals surface area contributed by atoms with Gasteiger partial charge in [-0.15, -0.1) is 0 Å². The maximum Gasteiger partial charge on any atom is 0.124 e. The Morgan fingerprint density at radius 1 is 0.903 bits per heavy atom. The number of hydrogen-bond acceptors (Lipinski definition) is 4. The number of para-hydroxylation sites is 1. The molecule has 2 aromatic heterocycles. The van der Waals surface area contributed by atoms with Gasteiger partial charge in [0.25, 0.3) is 0 Å². The fraction of sp³-hybridized carbons (Fsp3) is 0.259. The van der Waals surface area contributed by atoms with Crippen molar-refractivity contribution < 1.29 is 4.74 Å². The summed E-state index contributed by atoms with van der Waals surface area (Å²) in [5.41, 5.74) is 7.38. The van der Waals surface area contributed by atoms with Crippen molar-refractivity contribution >= 4 is 10.9 Å². The van der Waals surface area contributed by atoms with E-state index in [9.17, 15) is 0 Å². The average Bonchev–Trinajstić information content (AvgIpc) is 3.23. The van der Waals surface area contributed by atoms with Crippen molar-refractivity contribution in [1.82, 2.24) is 14.9 Å². The summed E-state index contributed by atoms with van der Waals surface area (Å²) in [5.74, 6) is 1.01. The molecule has 0 unspecified atom stereocenters. The van der Waals surface area contributed by atoms with Gasteiger partial charge in [0, 0.05) is 55.1 Å². The number of ether oxygens (including phenoxy) is 1. The van der Waals surface area contributed by atoms with Crippen molar-refractivity contribution in [3.05, 3.63) is 89.9 Å². The van der Waals surface area contributed by atoms with E-state index in [4.69, 9.17) is 9.72 Å². The number of hydrogen-bond donors (Lipinski definition) is 0. The van der Waals surface area contributed by atoms with Crippen molar-refractivity contribution in [1.29, 1.82) is 0 Å². The van der Waals surface area contributed by atoms with Crippen LogP contribution in [0, 0.1) is 0 Å². The Bertz CT molecular complexity index is 1200. The van der Waals surface area contributed by atoms with E-state index in [1.54, 1.807) is 0 Å². The molecule has 1 aliphatic heterocycles. The van der Waals surface area contributed by atoms with Crippen LogP contribution < -0.4 is 4.74 Å². The molecule has 0 N–H and O–H groups in total. The van der Waals surface area contributed by atoms with Gasteiger partial charge in [-0.3, -0.25) is 14.9 Å². The summed E-state index contributed by atoms with van der Waals surface area (Å²) in [5, 5.41) is 1.19. The van der Waals surface area contributed by atoms with Gasteiger partial charge in [0.1, 0.15) is 5.75 Å². The SMILES string of the molecule is CC(C)Oc1ccc(-c2ccncc2)c2c1CN(CCc1ccc3ccccc3n1)C2. The maximum absolute atomic E-state index is 6.16. The molecule has 0 saturated carbocycles. The van der Waals surface area contributed by atoms with Gasteiger partial charge in [-0.2, -0.15) is 0 Å². The summed E-state index contributed by atoms with van der Waals surface area (Å²) < 4.78 is 6.16. The fourth-order valence-electron chi connectivity index (χ4n) is 4.37. The molecule has 156 valence electrons. The molecule has 31 heavy (non-hydrogen) atoms. The van der Waals surface area contributed by atoms with Crippen LogP contribution in [0.1, 0.15) is 30.7 Å². The first kappa shape index (κ1) is 19.7. The van der Waals surface area contributed by atoms with E-state index in [2.05, 4.69) is 78.3 Å². The lowest BCUT2D eigenvalue weighted by Crippen LogP contribution is -2.20. The molecule has 1 aliphatic rings. The van der Waals surface area contributed by atoms with Gasteiger partial charge in [0.15, 0.2) is 0 Å². The van der Waals surface area contributed by atoms with Crippen molar-refractivity contribution in [3.63, 3.8) is 0 Å². The van der Waals surface area contributed by atoms with Crippen LogP contribution in [0.25, 0.3) is 22.0 Å². The van der Waals surface area contributed by atoms with Crippen molar-refractivity contribution in [2.75, 3.05) is 6.54 Å². The molecule has 2 aromatic carbocycles. The van der Waals surface area contributed by atoms with E-state index in [0.717, 1.165) is 43.0 Å². The van der Waals surface area contributed by atoms with E-state index in [-0.39, 0.29) is 6.10 Å². The fourth-order valence-corrected chi connectivity index (χ4v) is 4.37. The van der Waals surface area contributed by atoms with Gasteiger partial charge in [-0.25, -0.2) is 0 Å². The Morgan fingerprint density at radius 2 is 1.71 bits per heavy atom. The monoisotopic (exact) mass is 409 g/mol. The third-order valence-electron chi connectivity index (χ3n) is 5.85. The molecule has 0 radical (unpaired) electrons. The molecule has 4 nitrogen and oxygen atoms in total. The Balaban J connectivity index is 1.38. The van der Waals surface area contributed by atoms with Crippen molar-refractivity contribution in [2.24, 2.45) is 0 Å². The number of rotatable bonds is 6. The molecule has 4 aromatic rings. The van der Waals surface area contributed by atoms with Crippen LogP contribution in [0.2, 0.25) is 0 Å². The van der Waals surface area contributed by atoms with E-state index in [1.165, 1.54) is 27.6 Å². The van der Waals surface area contributed by atoms with Crippen LogP contribution in [-0.2, 0) is 19.5 Å². The highest BCUT2D eigenvalue weighted by atomic mass is 16.5. The smallest absolute Gasteiger partial charge is 0.124 e. The number of nitrogens with zero attached hydrogens (tertiary/aromatic N) is 3. The molecule has 0 spiro atoms. The van der Waals surface area contributed by atoms with Crippen LogP contribution in [0.5, 0.6) is 5.75 Å². The van der Waals surface area contributed by atoms with Gasteiger partial charge < -0.3 is 4.74 Å². The normalized spacial score (nSPS) is 13.6. The molecule has 3 heterocycles. The summed E-state index contributed by atoms with van der Waals surface area (Å²) in [6.07, 6.45) is 4.81. The minimum Gasteiger partial charge on any atom is -0.491 e. The predicted molar refractivity (Wildman–Crippen MR) is 125 cm³/mol. The molecule has 0 fully saturated rings. The predicted octanol–water partition coefficient (Wildman–Crippen LogP) is 5.64. The molecule has 0 amide bonds. The van der Waals surface area contributed by atoms with Crippen LogP contribution in [0.15, 0.2) is 73.1 Å². The lowest BCUT2D eigenvalue weighted by Gasteiger charge is -2.16. The van der Waals surface area contributed by atoms with E-state index in [0.29, 0.717) is 0 Å². The van der Waals surface area contributed by atoms with Crippen LogP contribution >= 0.6 is 0 Å². The average molecular weight is 410 g/mol. The minimum absolute atomic E-state index is 0.159. The zero-order valence-corrected chi connectivity index (χ0v) is 18.1. The Labute approximate surface area is 183 Å². The number of pyridine rings is 2. The second-order valence-electron chi connectivity index (χ2n) is 8.43. The molecule has 0 bridgehead atoms. The molecule has 4 heteroatoms. The number of fused-ring (bicyclic) bond motifs is 2. The van der Waals surface area contributed by atoms with Gasteiger partial charge in [-0.1, -0.05) is 30.3 Å². The van der Waals surface area contributed by atoms with E-state index >= 15 is 0 Å². The molecular weight excluding hydrogens is 382 g/mol. The number of aromatic nitrogens is 2. The maximum atomic E-state index is 6.16. The summed E-state index contributed by atoms with van der Waals surface area (Å²) in [4.78, 5) is 11.5. The van der Waals surface area contributed by atoms with E-state index < -0.39 is 0 Å². The second kappa shape index (κ2) is 8.48. The summed E-state index contributed by atoms with van der Waals surface area (Å²) in [6, 6.07) is 21.1. The first-order chi connectivity index (χ1) is 15.2. The van der Waals surface area contributed by atoms with E-state index in [1.807, 2.05) is 18.5 Å². The molecule has 0 aliphatic carbocycles. The first-order valence-electron chi connectivity index (χ1n) is 11.0. The lowest BCUT2D eigenvalue weighted by molar-refractivity contribution is 0.235. The first-order valence-corrected chi connectivity index (χ1v) is 11.0. The highest BCUT2D eigenvalue weighted by Crippen LogP contribution is 2.38. The van der Waals surface area contributed by atoms with Gasteiger partial charge in [-0.05, 0) is 60.9 Å². The Hall–Kier alpha value is -3.24. The molecular formula is C27H27N3O. The quantitative estimate of drug-likeness (QED) is 0.413. The van der Waals surface area contributed by atoms with Crippen LogP contribution in [0.4, 0.5) is 0 Å². The highest BCUT2D eigenvalue weighted by Gasteiger charge is 2.26. The van der Waals surface area contributed by atoms with Crippen LogP contribution in [-0.4, -0.2) is 27.5 Å². The Morgan fingerprint density at radius 3 is 2.55 bits per heavy atom. The zero-order valence-electron chi connectivity index (χ0n) is 18.1. The molecule has 5 rings (SSSR count). The summed E-state index contributed by atoms with van der Waals surface area (Å²) in [7, 11) is 0. The summed E-state index contributed by atoms with van der Waals surface area (Å²) >= 11 is 0. The Kier molecular flexibility index (Phi) is 5.39. The lowest BCUT2D eigenvalue weighted by atomic mass is 9.97. The third kappa shape index (κ3) is 4.17. The van der Waals surface area contributed by atoms with Crippen molar-refractivity contribution in [2.45, 2.75) is 39.5 Å². The summed E-state index contributed by atoms with van der Waals surface area (Å²) in [6.45, 7) is 6.97. The van der Waals surface area contributed by atoms with Gasteiger partial charge in [0.2, 0.25) is 0 Å². The molecule has 0 saturated heterocycles. The molecule has 0 atom stereocenters. The largest absolute Gasteiger partial charge is 0.491 e. The highest BCUT2D eigenvalue weighted by molar-refractivity contribution is 5.78. The third-order valence-corrected chi connectivity index (χ3v) is 5.85. The topological polar surface area (TPSA) is 38.2 Å². The standard InChI is InChI=1S/C27H27N3O/c1-19(2)31-27-10-9-23(20-11-14-28-15-12-20)24-17-30(18-25(24)27)16-13-22-8-7-21-5-3-4-6-26(21)29-22/h3-12,14-15,19H,13,16-18H2,1-2H3. The van der Waals surface area contributed by atoms with Gasteiger partial charge >= 0.3 is 0 Å². The van der Waals surface area contributed by atoms with Gasteiger partial charge in [0.05, 0.1) is 11.6 Å². The zero-order chi connectivity index (χ0) is 21.2. The van der Waals surface area contributed by atoms with Crippen molar-refractivity contribution in [3.8, 4) is 16.9 Å². The second-order valence-corrected chi connectivity index (χ2v) is 8.43.